The van der Waals surface area contributed by atoms with Gasteiger partial charge in [-0.05, 0) is 26.0 Å². The summed E-state index contributed by atoms with van der Waals surface area (Å²) in [6.45, 7) is 4.89. The van der Waals surface area contributed by atoms with Crippen molar-refractivity contribution in [2.45, 2.75) is 20.0 Å². The summed E-state index contributed by atoms with van der Waals surface area (Å²) < 4.78 is 5.54. The maximum absolute atomic E-state index is 5.54. The molecule has 0 fully saturated rings. The summed E-state index contributed by atoms with van der Waals surface area (Å²) in [6.07, 6.45) is 0.233. The van der Waals surface area contributed by atoms with Crippen LogP contribution >= 0.6 is 0 Å². The van der Waals surface area contributed by atoms with Gasteiger partial charge in [-0.2, -0.15) is 0 Å². The summed E-state index contributed by atoms with van der Waals surface area (Å²) in [5, 5.41) is 0. The van der Waals surface area contributed by atoms with Crippen LogP contribution in [0.2, 0.25) is 0 Å². The van der Waals surface area contributed by atoms with Gasteiger partial charge in [0.1, 0.15) is 6.10 Å². The first-order valence-corrected chi connectivity index (χ1v) is 4.54. The predicted octanol–water partition coefficient (Wildman–Crippen LogP) is 2.16. The minimum Gasteiger partial charge on any atom is -0.472 e. The maximum atomic E-state index is 5.54. The normalized spacial score (nSPS) is 21.1. The van der Waals surface area contributed by atoms with Crippen LogP contribution in [-0.4, -0.2) is 18.5 Å². The van der Waals surface area contributed by atoms with Crippen molar-refractivity contribution in [3.63, 3.8) is 0 Å². The van der Waals surface area contributed by atoms with Crippen molar-refractivity contribution in [2.24, 2.45) is 4.99 Å². The molecule has 0 saturated carbocycles. The Labute approximate surface area is 78.3 Å². The van der Waals surface area contributed by atoms with Gasteiger partial charge in [-0.25, -0.2) is 4.99 Å². The maximum Gasteiger partial charge on any atom is 0.216 e. The van der Waals surface area contributed by atoms with Gasteiger partial charge in [0.25, 0.3) is 0 Å². The smallest absolute Gasteiger partial charge is 0.216 e. The standard InChI is InChI=1S/C11H13NO/c1-8-3-5-10(6-4-8)11-12-7-9(2)13-11/h3-6,9H,7H2,1-2H3/t9-/m1/s1. The van der Waals surface area contributed by atoms with Crippen molar-refractivity contribution in [2.75, 3.05) is 6.54 Å². The van der Waals surface area contributed by atoms with E-state index in [1.807, 2.05) is 19.1 Å². The third kappa shape index (κ3) is 1.72. The number of rotatable bonds is 1. The van der Waals surface area contributed by atoms with E-state index in [0.717, 1.165) is 18.0 Å². The third-order valence-electron chi connectivity index (χ3n) is 2.10. The van der Waals surface area contributed by atoms with Crippen LogP contribution in [0.15, 0.2) is 29.3 Å². The first-order chi connectivity index (χ1) is 6.25. The van der Waals surface area contributed by atoms with Crippen LogP contribution in [-0.2, 0) is 4.74 Å². The van der Waals surface area contributed by atoms with Crippen LogP contribution in [0, 0.1) is 6.92 Å². The fraction of sp³-hybridized carbons (Fsp3) is 0.364. The summed E-state index contributed by atoms with van der Waals surface area (Å²) in [5.41, 5.74) is 2.34. The van der Waals surface area contributed by atoms with E-state index in [0.29, 0.717) is 0 Å². The van der Waals surface area contributed by atoms with Crippen LogP contribution < -0.4 is 0 Å². The van der Waals surface area contributed by atoms with Gasteiger partial charge >= 0.3 is 0 Å². The topological polar surface area (TPSA) is 21.6 Å². The Balaban J connectivity index is 2.22. The molecule has 1 aromatic rings. The number of aliphatic imine (C=N–C) groups is 1. The van der Waals surface area contributed by atoms with Gasteiger partial charge in [0.05, 0.1) is 6.54 Å². The second kappa shape index (κ2) is 3.21. The summed E-state index contributed by atoms with van der Waals surface area (Å²) in [7, 11) is 0. The Morgan fingerprint density at radius 3 is 2.54 bits per heavy atom. The molecule has 2 nitrogen and oxygen atoms in total. The zero-order chi connectivity index (χ0) is 9.26. The van der Waals surface area contributed by atoms with E-state index in [2.05, 4.69) is 24.0 Å². The molecule has 0 aliphatic carbocycles. The van der Waals surface area contributed by atoms with Crippen LogP contribution in [0.3, 0.4) is 0 Å². The van der Waals surface area contributed by atoms with Crippen LogP contribution in [0.1, 0.15) is 18.1 Å². The molecule has 2 heteroatoms. The summed E-state index contributed by atoms with van der Waals surface area (Å²) >= 11 is 0. The second-order valence-electron chi connectivity index (χ2n) is 3.44. The Morgan fingerprint density at radius 1 is 1.31 bits per heavy atom. The van der Waals surface area contributed by atoms with Gasteiger partial charge in [-0.15, -0.1) is 0 Å². The highest BCUT2D eigenvalue weighted by molar-refractivity contribution is 5.95. The lowest BCUT2D eigenvalue weighted by atomic mass is 10.1. The highest BCUT2D eigenvalue weighted by Gasteiger charge is 2.15. The van der Waals surface area contributed by atoms with Crippen LogP contribution in [0.5, 0.6) is 0 Å². The molecule has 13 heavy (non-hydrogen) atoms. The van der Waals surface area contributed by atoms with Crippen molar-refractivity contribution >= 4 is 5.90 Å². The molecule has 1 aliphatic rings. The Hall–Kier alpha value is -1.31. The van der Waals surface area contributed by atoms with Crippen molar-refractivity contribution < 1.29 is 4.74 Å². The van der Waals surface area contributed by atoms with Crippen molar-refractivity contribution in [1.82, 2.24) is 0 Å². The summed E-state index contributed by atoms with van der Waals surface area (Å²) in [5.74, 6) is 0.785. The number of benzene rings is 1. The van der Waals surface area contributed by atoms with Crippen molar-refractivity contribution in [3.8, 4) is 0 Å². The largest absolute Gasteiger partial charge is 0.472 e. The van der Waals surface area contributed by atoms with E-state index < -0.39 is 0 Å². The minimum absolute atomic E-state index is 0.233. The first-order valence-electron chi connectivity index (χ1n) is 4.54. The van der Waals surface area contributed by atoms with E-state index in [-0.39, 0.29) is 6.10 Å². The van der Waals surface area contributed by atoms with Gasteiger partial charge in [0.2, 0.25) is 5.90 Å². The molecule has 1 aromatic carbocycles. The molecular weight excluding hydrogens is 162 g/mol. The van der Waals surface area contributed by atoms with Crippen molar-refractivity contribution in [3.05, 3.63) is 35.4 Å². The molecule has 1 atom stereocenters. The molecule has 0 aromatic heterocycles. The van der Waals surface area contributed by atoms with Gasteiger partial charge in [-0.1, -0.05) is 17.7 Å². The summed E-state index contributed by atoms with van der Waals surface area (Å²) in [6, 6.07) is 8.24. The molecule has 0 saturated heterocycles. The van der Waals surface area contributed by atoms with E-state index in [1.54, 1.807) is 0 Å². The second-order valence-corrected chi connectivity index (χ2v) is 3.44. The van der Waals surface area contributed by atoms with Gasteiger partial charge in [0.15, 0.2) is 0 Å². The average Bonchev–Trinajstić information content (AvgIpc) is 2.53. The highest BCUT2D eigenvalue weighted by atomic mass is 16.5. The van der Waals surface area contributed by atoms with Crippen LogP contribution in [0.4, 0.5) is 0 Å². The minimum atomic E-state index is 0.233. The monoisotopic (exact) mass is 175 g/mol. The third-order valence-corrected chi connectivity index (χ3v) is 2.10. The van der Waals surface area contributed by atoms with Gasteiger partial charge < -0.3 is 4.74 Å². The van der Waals surface area contributed by atoms with Gasteiger partial charge in [-0.3, -0.25) is 0 Å². The molecule has 1 heterocycles. The molecule has 0 N–H and O–H groups in total. The number of nitrogens with zero attached hydrogens (tertiary/aromatic N) is 1. The predicted molar refractivity (Wildman–Crippen MR) is 53.1 cm³/mol. The number of hydrogen-bond donors (Lipinski definition) is 0. The summed E-state index contributed by atoms with van der Waals surface area (Å²) in [4.78, 5) is 4.31. The molecule has 68 valence electrons. The lowest BCUT2D eigenvalue weighted by Gasteiger charge is -2.05. The lowest BCUT2D eigenvalue weighted by molar-refractivity contribution is 0.246. The first kappa shape index (κ1) is 8.30. The fourth-order valence-electron chi connectivity index (χ4n) is 1.33. The number of ether oxygens (including phenoxy) is 1. The molecule has 1 aliphatic heterocycles. The molecule has 0 amide bonds. The number of hydrogen-bond acceptors (Lipinski definition) is 2. The molecule has 0 radical (unpaired) electrons. The lowest BCUT2D eigenvalue weighted by Crippen LogP contribution is -2.08. The molecule has 0 unspecified atom stereocenters. The van der Waals surface area contributed by atoms with Crippen molar-refractivity contribution in [1.29, 1.82) is 0 Å². The fourth-order valence-corrected chi connectivity index (χ4v) is 1.33. The van der Waals surface area contributed by atoms with E-state index in [9.17, 15) is 0 Å². The van der Waals surface area contributed by atoms with Crippen LogP contribution in [0.25, 0.3) is 0 Å². The van der Waals surface area contributed by atoms with Gasteiger partial charge in [0, 0.05) is 5.56 Å². The molecule has 0 bridgehead atoms. The number of aryl methyl sites for hydroxylation is 1. The molecular formula is C11H13NO. The Bertz CT molecular complexity index is 326. The molecule has 0 spiro atoms. The zero-order valence-corrected chi connectivity index (χ0v) is 7.95. The van der Waals surface area contributed by atoms with E-state index >= 15 is 0 Å². The zero-order valence-electron chi connectivity index (χ0n) is 7.95. The Kier molecular flexibility index (Phi) is 2.05. The van der Waals surface area contributed by atoms with E-state index in [4.69, 9.17) is 4.74 Å². The quantitative estimate of drug-likeness (QED) is 0.641. The SMILES string of the molecule is Cc1ccc(C2=NC[C@@H](C)O2)cc1. The average molecular weight is 175 g/mol. The highest BCUT2D eigenvalue weighted by Crippen LogP contribution is 2.12. The Morgan fingerprint density at radius 2 is 2.00 bits per heavy atom. The molecule has 2 rings (SSSR count). The van der Waals surface area contributed by atoms with E-state index in [1.165, 1.54) is 5.56 Å².